The molecule has 0 saturated heterocycles. The van der Waals surface area contributed by atoms with Gasteiger partial charge in [0.05, 0.1) is 23.7 Å². The van der Waals surface area contributed by atoms with Crippen LogP contribution in [-0.4, -0.2) is 15.9 Å². The van der Waals surface area contributed by atoms with Crippen LogP contribution >= 0.6 is 11.3 Å². The fraction of sp³-hybridized carbons (Fsp3) is 0.211. The minimum atomic E-state index is -0.561. The van der Waals surface area contributed by atoms with Gasteiger partial charge >= 0.3 is 0 Å². The van der Waals surface area contributed by atoms with Crippen LogP contribution in [-0.2, 0) is 12.8 Å². The first-order valence-corrected chi connectivity index (χ1v) is 8.94. The lowest BCUT2D eigenvalue weighted by molar-refractivity contribution is 0.102. The first-order valence-electron chi connectivity index (χ1n) is 8.13. The molecule has 25 heavy (non-hydrogen) atoms. The molecule has 0 unspecified atom stereocenters. The molecule has 1 N–H and O–H groups in total. The zero-order valence-electron chi connectivity index (χ0n) is 13.7. The van der Waals surface area contributed by atoms with Gasteiger partial charge in [0.25, 0.3) is 5.91 Å². The number of amides is 1. The molecule has 4 rings (SSSR count). The quantitative estimate of drug-likeness (QED) is 0.759. The van der Waals surface area contributed by atoms with Gasteiger partial charge in [-0.2, -0.15) is 0 Å². The smallest absolute Gasteiger partial charge is 0.259 e. The van der Waals surface area contributed by atoms with Gasteiger partial charge in [-0.15, -0.1) is 11.3 Å². The Bertz CT molecular complexity index is 950. The molecular weight excluding hydrogens is 337 g/mol. The van der Waals surface area contributed by atoms with E-state index in [1.54, 1.807) is 18.3 Å². The summed E-state index contributed by atoms with van der Waals surface area (Å²) < 4.78 is 13.7. The van der Waals surface area contributed by atoms with Crippen LogP contribution in [0.2, 0.25) is 0 Å². The minimum absolute atomic E-state index is 0.0140. The number of halogens is 1. The van der Waals surface area contributed by atoms with Gasteiger partial charge in [0.1, 0.15) is 5.82 Å². The van der Waals surface area contributed by atoms with Gasteiger partial charge in [-0.05, 0) is 43.9 Å². The number of fused-ring (bicyclic) bond motifs is 1. The van der Waals surface area contributed by atoms with Gasteiger partial charge in [-0.3, -0.25) is 9.78 Å². The van der Waals surface area contributed by atoms with Crippen LogP contribution in [0.15, 0.2) is 36.7 Å². The van der Waals surface area contributed by atoms with E-state index in [2.05, 4.69) is 22.2 Å². The SMILES string of the molecule is Cc1sc2c(c1-c1cnc(NC(=O)c3ccccc3F)cn1)CCC2. The number of rotatable bonds is 3. The number of aromatic nitrogens is 2. The number of nitrogens with zero attached hydrogens (tertiary/aromatic N) is 2. The van der Waals surface area contributed by atoms with Crippen LogP contribution in [0.1, 0.15) is 32.1 Å². The topological polar surface area (TPSA) is 54.9 Å². The summed E-state index contributed by atoms with van der Waals surface area (Å²) in [4.78, 5) is 23.6. The van der Waals surface area contributed by atoms with E-state index in [0.29, 0.717) is 5.82 Å². The van der Waals surface area contributed by atoms with Gasteiger partial charge < -0.3 is 5.32 Å². The normalized spacial score (nSPS) is 12.9. The van der Waals surface area contributed by atoms with Gasteiger partial charge in [-0.1, -0.05) is 12.1 Å². The molecule has 1 aromatic carbocycles. The standard InChI is InChI=1S/C19H16FN3OS/c1-11-18(13-6-4-8-16(13)25-11)15-9-22-17(10-21-15)23-19(24)12-5-2-3-7-14(12)20/h2-3,5,7,9-10H,4,6,8H2,1H3,(H,22,23,24). The number of aryl methyl sites for hydroxylation is 2. The summed E-state index contributed by atoms with van der Waals surface area (Å²) in [6, 6.07) is 5.85. The minimum Gasteiger partial charge on any atom is -0.305 e. The zero-order valence-corrected chi connectivity index (χ0v) is 14.5. The molecule has 4 nitrogen and oxygen atoms in total. The summed E-state index contributed by atoms with van der Waals surface area (Å²) in [5.74, 6) is -0.789. The Kier molecular flexibility index (Phi) is 4.05. The van der Waals surface area contributed by atoms with E-state index in [9.17, 15) is 9.18 Å². The molecule has 3 aromatic rings. The van der Waals surface area contributed by atoms with Crippen molar-refractivity contribution in [3.05, 3.63) is 63.4 Å². The van der Waals surface area contributed by atoms with Crippen molar-refractivity contribution in [2.45, 2.75) is 26.2 Å². The maximum atomic E-state index is 13.7. The number of thiophene rings is 1. The van der Waals surface area contributed by atoms with Crippen LogP contribution in [0, 0.1) is 12.7 Å². The molecule has 0 fully saturated rings. The van der Waals surface area contributed by atoms with Crippen LogP contribution in [0.3, 0.4) is 0 Å². The zero-order chi connectivity index (χ0) is 17.4. The van der Waals surface area contributed by atoms with Crippen LogP contribution < -0.4 is 5.32 Å². The molecule has 126 valence electrons. The highest BCUT2D eigenvalue weighted by Gasteiger charge is 2.22. The Labute approximate surface area is 148 Å². The number of benzene rings is 1. The number of carbonyl (C=O) groups is 1. The molecule has 0 radical (unpaired) electrons. The van der Waals surface area contributed by atoms with E-state index in [4.69, 9.17) is 0 Å². The van der Waals surface area contributed by atoms with Crippen molar-refractivity contribution < 1.29 is 9.18 Å². The average molecular weight is 353 g/mol. The van der Waals surface area contributed by atoms with Crippen molar-refractivity contribution in [1.82, 2.24) is 9.97 Å². The molecule has 2 aromatic heterocycles. The second kappa shape index (κ2) is 6.37. The Hall–Kier alpha value is -2.60. The summed E-state index contributed by atoms with van der Waals surface area (Å²) in [5, 5.41) is 2.59. The van der Waals surface area contributed by atoms with E-state index >= 15 is 0 Å². The Morgan fingerprint density at radius 1 is 1.20 bits per heavy atom. The van der Waals surface area contributed by atoms with Gasteiger partial charge in [0.2, 0.25) is 0 Å². The second-order valence-electron chi connectivity index (χ2n) is 6.01. The van der Waals surface area contributed by atoms with E-state index < -0.39 is 11.7 Å². The number of nitrogens with one attached hydrogen (secondary N) is 1. The van der Waals surface area contributed by atoms with Crippen molar-refractivity contribution in [2.75, 3.05) is 5.32 Å². The highest BCUT2D eigenvalue weighted by molar-refractivity contribution is 7.12. The lowest BCUT2D eigenvalue weighted by Crippen LogP contribution is -2.14. The van der Waals surface area contributed by atoms with Crippen LogP contribution in [0.25, 0.3) is 11.3 Å². The molecule has 1 aliphatic rings. The summed E-state index contributed by atoms with van der Waals surface area (Å²) >= 11 is 1.83. The third-order valence-corrected chi connectivity index (χ3v) is 5.57. The lowest BCUT2D eigenvalue weighted by Gasteiger charge is -2.07. The number of carbonyl (C=O) groups excluding carboxylic acids is 1. The van der Waals surface area contributed by atoms with Crippen molar-refractivity contribution in [2.24, 2.45) is 0 Å². The van der Waals surface area contributed by atoms with Crippen LogP contribution in [0.4, 0.5) is 10.2 Å². The predicted octanol–water partition coefficient (Wildman–Crippen LogP) is 4.39. The molecule has 0 bridgehead atoms. The maximum Gasteiger partial charge on any atom is 0.259 e. The molecule has 0 aliphatic heterocycles. The maximum absolute atomic E-state index is 13.7. The van der Waals surface area contributed by atoms with E-state index in [1.807, 2.05) is 11.3 Å². The van der Waals surface area contributed by atoms with Crippen molar-refractivity contribution in [3.8, 4) is 11.3 Å². The number of hydrogen-bond donors (Lipinski definition) is 1. The predicted molar refractivity (Wildman–Crippen MR) is 96.5 cm³/mol. The van der Waals surface area contributed by atoms with E-state index in [1.165, 1.54) is 45.6 Å². The molecular formula is C19H16FN3OS. The second-order valence-corrected chi connectivity index (χ2v) is 7.32. The highest BCUT2D eigenvalue weighted by atomic mass is 32.1. The van der Waals surface area contributed by atoms with Crippen molar-refractivity contribution in [1.29, 1.82) is 0 Å². The molecule has 0 atom stereocenters. The van der Waals surface area contributed by atoms with E-state index in [0.717, 1.165) is 18.5 Å². The van der Waals surface area contributed by atoms with Gasteiger partial charge in [0.15, 0.2) is 5.82 Å². The Balaban J connectivity index is 1.57. The molecule has 6 heteroatoms. The largest absolute Gasteiger partial charge is 0.305 e. The monoisotopic (exact) mass is 353 g/mol. The summed E-state index contributed by atoms with van der Waals surface area (Å²) in [6.07, 6.45) is 6.61. The molecule has 0 spiro atoms. The summed E-state index contributed by atoms with van der Waals surface area (Å²) in [7, 11) is 0. The number of anilines is 1. The third kappa shape index (κ3) is 2.93. The molecule has 0 saturated carbocycles. The molecule has 1 amide bonds. The molecule has 1 aliphatic carbocycles. The Morgan fingerprint density at radius 2 is 2.04 bits per heavy atom. The first kappa shape index (κ1) is 15.9. The third-order valence-electron chi connectivity index (χ3n) is 4.37. The summed E-state index contributed by atoms with van der Waals surface area (Å²) in [6.45, 7) is 2.11. The summed E-state index contributed by atoms with van der Waals surface area (Å²) in [5.41, 5.74) is 3.37. The van der Waals surface area contributed by atoms with E-state index in [-0.39, 0.29) is 5.56 Å². The van der Waals surface area contributed by atoms with Crippen molar-refractivity contribution in [3.63, 3.8) is 0 Å². The van der Waals surface area contributed by atoms with Gasteiger partial charge in [-0.25, -0.2) is 9.37 Å². The fourth-order valence-corrected chi connectivity index (χ4v) is 4.50. The first-order chi connectivity index (χ1) is 12.1. The lowest BCUT2D eigenvalue weighted by atomic mass is 10.1. The molecule has 2 heterocycles. The van der Waals surface area contributed by atoms with Crippen molar-refractivity contribution >= 4 is 23.1 Å². The fourth-order valence-electron chi connectivity index (χ4n) is 3.23. The van der Waals surface area contributed by atoms with Crippen LogP contribution in [0.5, 0.6) is 0 Å². The Morgan fingerprint density at radius 3 is 2.80 bits per heavy atom. The highest BCUT2D eigenvalue weighted by Crippen LogP contribution is 2.40. The average Bonchev–Trinajstić information content (AvgIpc) is 3.16. The number of hydrogen-bond acceptors (Lipinski definition) is 4. The van der Waals surface area contributed by atoms with Gasteiger partial charge in [0, 0.05) is 15.3 Å².